The normalized spacial score (nSPS) is 19.0. The zero-order chi connectivity index (χ0) is 15.6. The van der Waals surface area contributed by atoms with E-state index in [0.717, 1.165) is 0 Å². The minimum Gasteiger partial charge on any atom is -0.450 e. The van der Waals surface area contributed by atoms with Gasteiger partial charge in [-0.25, -0.2) is 19.6 Å². The molecule has 1 N–H and O–H groups in total. The zero-order valence-corrected chi connectivity index (χ0v) is 11.6. The fourth-order valence-corrected chi connectivity index (χ4v) is 1.79. The number of hydrogen-bond acceptors (Lipinski definition) is 9. The van der Waals surface area contributed by atoms with Crippen molar-refractivity contribution in [3.05, 3.63) is 16.7 Å². The SMILES string of the molecule is CCOC(=O)OC1(OC(=O)O)N=Nc2c(Cl)nc(C)nc21. The molecule has 0 radical (unpaired) electrons. The van der Waals surface area contributed by atoms with Crippen LogP contribution in [0.4, 0.5) is 15.3 Å². The number of rotatable bonds is 3. The molecule has 112 valence electrons. The van der Waals surface area contributed by atoms with Gasteiger partial charge in [0.2, 0.25) is 0 Å². The minimum atomic E-state index is -2.40. The molecule has 0 aromatic carbocycles. The molecule has 0 aliphatic carbocycles. The molecule has 1 atom stereocenters. The lowest BCUT2D eigenvalue weighted by molar-refractivity contribution is -0.190. The Balaban J connectivity index is 2.48. The number of halogens is 1. The molecule has 21 heavy (non-hydrogen) atoms. The molecule has 0 spiro atoms. The van der Waals surface area contributed by atoms with Gasteiger partial charge in [0.05, 0.1) is 6.61 Å². The summed E-state index contributed by atoms with van der Waals surface area (Å²) in [6, 6.07) is 0. The molecular weight excluding hydrogens is 308 g/mol. The van der Waals surface area contributed by atoms with Gasteiger partial charge in [-0.15, -0.1) is 5.11 Å². The second-order valence-electron chi connectivity index (χ2n) is 3.69. The number of carbonyl (C=O) groups is 2. The van der Waals surface area contributed by atoms with Gasteiger partial charge in [0.1, 0.15) is 5.82 Å². The van der Waals surface area contributed by atoms with Gasteiger partial charge in [-0.2, -0.15) is 0 Å². The van der Waals surface area contributed by atoms with E-state index in [1.54, 1.807) is 6.92 Å². The van der Waals surface area contributed by atoms with E-state index in [9.17, 15) is 9.59 Å². The van der Waals surface area contributed by atoms with Crippen LogP contribution in [0.3, 0.4) is 0 Å². The Kier molecular flexibility index (Phi) is 3.89. The molecule has 1 aliphatic heterocycles. The van der Waals surface area contributed by atoms with E-state index in [2.05, 4.69) is 29.7 Å². The van der Waals surface area contributed by atoms with Crippen LogP contribution >= 0.6 is 11.6 Å². The summed E-state index contributed by atoms with van der Waals surface area (Å²) in [4.78, 5) is 30.1. The predicted octanol–water partition coefficient (Wildman–Crippen LogP) is 2.51. The van der Waals surface area contributed by atoms with Crippen LogP contribution in [-0.2, 0) is 20.1 Å². The third kappa shape index (κ3) is 2.84. The average molecular weight is 317 g/mol. The van der Waals surface area contributed by atoms with Crippen LogP contribution in [0.25, 0.3) is 0 Å². The van der Waals surface area contributed by atoms with Gasteiger partial charge in [-0.1, -0.05) is 16.7 Å². The number of carboxylic acid groups (broad SMARTS) is 1. The number of ether oxygens (including phenoxy) is 3. The molecule has 1 aliphatic rings. The number of aromatic nitrogens is 2. The molecule has 1 aromatic rings. The molecule has 2 heterocycles. The Morgan fingerprint density at radius 1 is 1.33 bits per heavy atom. The maximum atomic E-state index is 11.5. The monoisotopic (exact) mass is 316 g/mol. The fraction of sp³-hybridized carbons (Fsp3) is 0.400. The number of azo groups is 1. The van der Waals surface area contributed by atoms with Gasteiger partial charge in [0.25, 0.3) is 0 Å². The Morgan fingerprint density at radius 2 is 2.05 bits per heavy atom. The molecule has 1 aromatic heterocycles. The Morgan fingerprint density at radius 3 is 2.67 bits per heavy atom. The molecule has 0 saturated heterocycles. The summed E-state index contributed by atoms with van der Waals surface area (Å²) >= 11 is 5.86. The summed E-state index contributed by atoms with van der Waals surface area (Å²) in [5.41, 5.74) is -0.247. The minimum absolute atomic E-state index is 0.00947. The van der Waals surface area contributed by atoms with E-state index in [1.807, 2.05) is 0 Å². The first kappa shape index (κ1) is 14.9. The lowest BCUT2D eigenvalue weighted by Gasteiger charge is -2.22. The number of aryl methyl sites for hydroxylation is 1. The predicted molar refractivity (Wildman–Crippen MR) is 65.2 cm³/mol. The fourth-order valence-electron chi connectivity index (χ4n) is 1.54. The van der Waals surface area contributed by atoms with Crippen molar-refractivity contribution in [2.45, 2.75) is 19.8 Å². The first-order valence-corrected chi connectivity index (χ1v) is 6.01. The van der Waals surface area contributed by atoms with Crippen molar-refractivity contribution >= 4 is 29.6 Å². The van der Waals surface area contributed by atoms with E-state index in [0.29, 0.717) is 0 Å². The van der Waals surface area contributed by atoms with Crippen molar-refractivity contribution in [2.75, 3.05) is 6.61 Å². The Hall–Kier alpha value is -2.49. The van der Waals surface area contributed by atoms with Crippen molar-refractivity contribution in [1.29, 1.82) is 0 Å². The summed E-state index contributed by atoms with van der Waals surface area (Å²) in [6.07, 6.45) is -2.95. The molecule has 0 fully saturated rings. The number of fused-ring (bicyclic) bond motifs is 1. The lowest BCUT2D eigenvalue weighted by atomic mass is 10.3. The highest BCUT2D eigenvalue weighted by Gasteiger charge is 2.51. The zero-order valence-electron chi connectivity index (χ0n) is 10.9. The van der Waals surface area contributed by atoms with Gasteiger partial charge in [0, 0.05) is 0 Å². The maximum absolute atomic E-state index is 11.5. The number of hydrogen-bond donors (Lipinski definition) is 1. The van der Waals surface area contributed by atoms with Gasteiger partial charge < -0.3 is 19.3 Å². The van der Waals surface area contributed by atoms with Crippen LogP contribution in [0, 0.1) is 6.92 Å². The van der Waals surface area contributed by atoms with Crippen LogP contribution in [0.1, 0.15) is 18.4 Å². The van der Waals surface area contributed by atoms with Gasteiger partial charge >= 0.3 is 18.2 Å². The largest absolute Gasteiger partial charge is 0.513 e. The van der Waals surface area contributed by atoms with E-state index >= 15 is 0 Å². The van der Waals surface area contributed by atoms with E-state index < -0.39 is 18.2 Å². The molecule has 2 rings (SSSR count). The van der Waals surface area contributed by atoms with Crippen molar-refractivity contribution in [1.82, 2.24) is 9.97 Å². The Labute approximate surface area is 122 Å². The summed E-state index contributed by atoms with van der Waals surface area (Å²) in [7, 11) is 0. The Bertz CT molecular complexity index is 636. The third-order valence-electron chi connectivity index (χ3n) is 2.24. The number of nitrogens with zero attached hydrogens (tertiary/aromatic N) is 4. The van der Waals surface area contributed by atoms with Gasteiger partial charge in [0.15, 0.2) is 16.5 Å². The van der Waals surface area contributed by atoms with E-state index in [4.69, 9.17) is 21.4 Å². The van der Waals surface area contributed by atoms with Crippen LogP contribution in [0.5, 0.6) is 0 Å². The van der Waals surface area contributed by atoms with Crippen molar-refractivity contribution in [3.63, 3.8) is 0 Å². The third-order valence-corrected chi connectivity index (χ3v) is 2.51. The van der Waals surface area contributed by atoms with Crippen molar-refractivity contribution < 1.29 is 28.9 Å². The summed E-state index contributed by atoms with van der Waals surface area (Å²) in [6.45, 7) is 3.05. The highest BCUT2D eigenvalue weighted by Crippen LogP contribution is 2.44. The first-order chi connectivity index (χ1) is 9.88. The lowest BCUT2D eigenvalue weighted by Crippen LogP contribution is -2.35. The number of carbonyl (C=O) groups excluding carboxylic acids is 1. The molecular formula is C10H9ClN4O6. The highest BCUT2D eigenvalue weighted by atomic mass is 35.5. The maximum Gasteiger partial charge on any atom is 0.513 e. The van der Waals surface area contributed by atoms with E-state index in [1.165, 1.54) is 6.92 Å². The van der Waals surface area contributed by atoms with Crippen LogP contribution in [-0.4, -0.2) is 34.0 Å². The second-order valence-corrected chi connectivity index (χ2v) is 4.05. The topological polar surface area (TPSA) is 133 Å². The van der Waals surface area contributed by atoms with Crippen LogP contribution in [0.2, 0.25) is 5.15 Å². The second kappa shape index (κ2) is 5.48. The van der Waals surface area contributed by atoms with Crippen LogP contribution < -0.4 is 0 Å². The quantitative estimate of drug-likeness (QED) is 0.511. The van der Waals surface area contributed by atoms with E-state index in [-0.39, 0.29) is 29.0 Å². The molecule has 11 heteroatoms. The average Bonchev–Trinajstić information content (AvgIpc) is 2.67. The van der Waals surface area contributed by atoms with Crippen molar-refractivity contribution in [3.8, 4) is 0 Å². The summed E-state index contributed by atoms with van der Waals surface area (Å²) in [5.74, 6) is -2.21. The molecule has 0 amide bonds. The summed E-state index contributed by atoms with van der Waals surface area (Å²) in [5, 5.41) is 15.9. The molecule has 10 nitrogen and oxygen atoms in total. The van der Waals surface area contributed by atoms with Crippen LogP contribution in [0.15, 0.2) is 10.2 Å². The standard InChI is InChI=1S/C10H9ClN4O6/c1-3-19-9(18)21-10(20-8(16)17)6-5(14-15-10)7(11)13-4(2)12-6/h3H2,1-2H3,(H,16,17). The molecule has 1 unspecified atom stereocenters. The summed E-state index contributed by atoms with van der Waals surface area (Å²) < 4.78 is 13.9. The van der Waals surface area contributed by atoms with Gasteiger partial charge in [-0.3, -0.25) is 0 Å². The van der Waals surface area contributed by atoms with Gasteiger partial charge in [-0.05, 0) is 13.8 Å². The first-order valence-electron chi connectivity index (χ1n) is 5.63. The van der Waals surface area contributed by atoms with Crippen molar-refractivity contribution in [2.24, 2.45) is 10.2 Å². The molecule has 0 bridgehead atoms. The molecule has 0 saturated carbocycles. The highest BCUT2D eigenvalue weighted by molar-refractivity contribution is 6.31. The smallest absolute Gasteiger partial charge is 0.450 e.